The predicted octanol–water partition coefficient (Wildman–Crippen LogP) is 2.84. The minimum absolute atomic E-state index is 0.0237. The zero-order valence-electron chi connectivity index (χ0n) is 9.12. The lowest BCUT2D eigenvalue weighted by molar-refractivity contribution is 0.0733. The van der Waals surface area contributed by atoms with Crippen LogP contribution in [0.25, 0.3) is 0 Å². The van der Waals surface area contributed by atoms with E-state index in [4.69, 9.17) is 4.42 Å². The first-order valence-corrected chi connectivity index (χ1v) is 6.22. The maximum atomic E-state index is 11.9. The van der Waals surface area contributed by atoms with Crippen LogP contribution in [0.2, 0.25) is 0 Å². The quantitative estimate of drug-likeness (QED) is 0.773. The zero-order chi connectivity index (χ0) is 11.3. The summed E-state index contributed by atoms with van der Waals surface area (Å²) in [7, 11) is 0. The van der Waals surface area contributed by atoms with Crippen molar-refractivity contribution < 1.29 is 9.21 Å². The first-order chi connectivity index (χ1) is 7.19. The summed E-state index contributed by atoms with van der Waals surface area (Å²) in [6.45, 7) is 5.38. The highest BCUT2D eigenvalue weighted by Gasteiger charge is 2.17. The summed E-state index contributed by atoms with van der Waals surface area (Å²) in [6.07, 6.45) is 0.957. The first-order valence-electron chi connectivity index (χ1n) is 5.10. The molecular formula is C11H16BrNO2. The monoisotopic (exact) mass is 273 g/mol. The van der Waals surface area contributed by atoms with Gasteiger partial charge in [-0.15, -0.1) is 0 Å². The van der Waals surface area contributed by atoms with Crippen LogP contribution in [-0.2, 0) is 0 Å². The van der Waals surface area contributed by atoms with Crippen molar-refractivity contribution in [2.45, 2.75) is 20.3 Å². The van der Waals surface area contributed by atoms with Crippen molar-refractivity contribution >= 4 is 21.8 Å². The van der Waals surface area contributed by atoms with Gasteiger partial charge in [-0.05, 0) is 25.5 Å². The minimum Gasteiger partial charge on any atom is -0.456 e. The normalized spacial score (nSPS) is 10.3. The summed E-state index contributed by atoms with van der Waals surface area (Å²) in [6, 6.07) is 3.54. The summed E-state index contributed by atoms with van der Waals surface area (Å²) in [5.41, 5.74) is 0. The molecule has 4 heteroatoms. The van der Waals surface area contributed by atoms with E-state index in [1.165, 1.54) is 0 Å². The fourth-order valence-corrected chi connectivity index (χ4v) is 1.82. The molecular weight excluding hydrogens is 258 g/mol. The van der Waals surface area contributed by atoms with E-state index in [-0.39, 0.29) is 5.91 Å². The van der Waals surface area contributed by atoms with Gasteiger partial charge in [0.2, 0.25) is 0 Å². The van der Waals surface area contributed by atoms with Gasteiger partial charge >= 0.3 is 0 Å². The van der Waals surface area contributed by atoms with Crippen LogP contribution < -0.4 is 0 Å². The Balaban J connectivity index is 2.71. The molecule has 1 aromatic heterocycles. The highest BCUT2D eigenvalue weighted by Crippen LogP contribution is 2.10. The molecule has 0 N–H and O–H groups in total. The van der Waals surface area contributed by atoms with Gasteiger partial charge in [-0.1, -0.05) is 22.9 Å². The van der Waals surface area contributed by atoms with E-state index in [9.17, 15) is 4.79 Å². The second kappa shape index (κ2) is 5.95. The van der Waals surface area contributed by atoms with Gasteiger partial charge < -0.3 is 9.32 Å². The van der Waals surface area contributed by atoms with E-state index in [2.05, 4.69) is 22.9 Å². The lowest BCUT2D eigenvalue weighted by Gasteiger charge is -2.19. The largest absolute Gasteiger partial charge is 0.456 e. The Morgan fingerprint density at radius 3 is 2.67 bits per heavy atom. The highest BCUT2D eigenvalue weighted by atomic mass is 79.9. The number of aryl methyl sites for hydroxylation is 1. The molecule has 1 aromatic rings. The van der Waals surface area contributed by atoms with Crippen molar-refractivity contribution in [1.82, 2.24) is 4.90 Å². The van der Waals surface area contributed by atoms with Crippen molar-refractivity contribution in [1.29, 1.82) is 0 Å². The Labute approximate surface area is 98.6 Å². The fourth-order valence-electron chi connectivity index (χ4n) is 1.39. The summed E-state index contributed by atoms with van der Waals surface area (Å²) in [5, 5.41) is 0.790. The zero-order valence-corrected chi connectivity index (χ0v) is 10.7. The van der Waals surface area contributed by atoms with Crippen molar-refractivity contribution in [2.24, 2.45) is 0 Å². The molecule has 0 saturated carbocycles. The molecule has 0 unspecified atom stereocenters. The third-order valence-corrected chi connectivity index (χ3v) is 2.44. The molecule has 15 heavy (non-hydrogen) atoms. The molecule has 0 saturated heterocycles. The SMILES string of the molecule is CCCN(CCBr)C(=O)c1ccc(C)o1. The molecule has 0 bridgehead atoms. The van der Waals surface area contributed by atoms with Crippen LogP contribution in [0.15, 0.2) is 16.5 Å². The average molecular weight is 274 g/mol. The molecule has 0 aliphatic rings. The summed E-state index contributed by atoms with van der Waals surface area (Å²) in [5.74, 6) is 1.18. The van der Waals surface area contributed by atoms with Crippen LogP contribution in [-0.4, -0.2) is 29.2 Å². The van der Waals surface area contributed by atoms with Gasteiger partial charge in [0.1, 0.15) is 5.76 Å². The molecule has 0 aliphatic heterocycles. The molecule has 1 rings (SSSR count). The highest BCUT2D eigenvalue weighted by molar-refractivity contribution is 9.09. The van der Waals surface area contributed by atoms with E-state index in [1.54, 1.807) is 11.0 Å². The van der Waals surface area contributed by atoms with E-state index < -0.39 is 0 Å². The average Bonchev–Trinajstić information content (AvgIpc) is 2.63. The Hall–Kier alpha value is -0.770. The third-order valence-electron chi connectivity index (χ3n) is 2.09. The van der Waals surface area contributed by atoms with Gasteiger partial charge in [0.15, 0.2) is 5.76 Å². The van der Waals surface area contributed by atoms with Gasteiger partial charge in [0, 0.05) is 18.4 Å². The van der Waals surface area contributed by atoms with Crippen LogP contribution >= 0.6 is 15.9 Å². The number of hydrogen-bond donors (Lipinski definition) is 0. The van der Waals surface area contributed by atoms with Crippen LogP contribution in [0.1, 0.15) is 29.7 Å². The van der Waals surface area contributed by atoms with Crippen molar-refractivity contribution in [3.05, 3.63) is 23.7 Å². The molecule has 0 fully saturated rings. The van der Waals surface area contributed by atoms with E-state index >= 15 is 0 Å². The van der Waals surface area contributed by atoms with Crippen LogP contribution in [0, 0.1) is 6.92 Å². The lowest BCUT2D eigenvalue weighted by Crippen LogP contribution is -2.33. The standard InChI is InChI=1S/C11H16BrNO2/c1-3-7-13(8-6-12)11(14)10-5-4-9(2)15-10/h4-5H,3,6-8H2,1-2H3. The maximum Gasteiger partial charge on any atom is 0.289 e. The number of nitrogens with zero attached hydrogens (tertiary/aromatic N) is 1. The van der Waals surface area contributed by atoms with Crippen molar-refractivity contribution in [3.63, 3.8) is 0 Å². The summed E-state index contributed by atoms with van der Waals surface area (Å²) >= 11 is 3.34. The molecule has 0 aromatic carbocycles. The molecule has 0 aliphatic carbocycles. The minimum atomic E-state index is -0.0237. The van der Waals surface area contributed by atoms with Gasteiger partial charge in [-0.2, -0.15) is 0 Å². The smallest absolute Gasteiger partial charge is 0.289 e. The molecule has 0 radical (unpaired) electrons. The Morgan fingerprint density at radius 2 is 2.20 bits per heavy atom. The lowest BCUT2D eigenvalue weighted by atomic mass is 10.3. The Morgan fingerprint density at radius 1 is 1.47 bits per heavy atom. The van der Waals surface area contributed by atoms with Crippen molar-refractivity contribution in [2.75, 3.05) is 18.4 Å². The summed E-state index contributed by atoms with van der Waals surface area (Å²) < 4.78 is 5.31. The number of carbonyl (C=O) groups excluding carboxylic acids is 1. The number of alkyl halides is 1. The van der Waals surface area contributed by atoms with Crippen LogP contribution in [0.4, 0.5) is 0 Å². The Bertz CT molecular complexity index is 316. The van der Waals surface area contributed by atoms with Crippen LogP contribution in [0.5, 0.6) is 0 Å². The van der Waals surface area contributed by atoms with E-state index in [0.717, 1.165) is 24.1 Å². The second-order valence-electron chi connectivity index (χ2n) is 3.39. The maximum absolute atomic E-state index is 11.9. The van der Waals surface area contributed by atoms with Crippen molar-refractivity contribution in [3.8, 4) is 0 Å². The molecule has 1 amide bonds. The number of rotatable bonds is 5. The topological polar surface area (TPSA) is 33.5 Å². The third kappa shape index (κ3) is 3.38. The summed E-state index contributed by atoms with van der Waals surface area (Å²) in [4.78, 5) is 13.7. The number of halogens is 1. The molecule has 0 atom stereocenters. The number of furan rings is 1. The fraction of sp³-hybridized carbons (Fsp3) is 0.545. The molecule has 1 heterocycles. The number of carbonyl (C=O) groups is 1. The van der Waals surface area contributed by atoms with E-state index in [1.807, 2.05) is 13.0 Å². The van der Waals surface area contributed by atoms with E-state index in [0.29, 0.717) is 12.3 Å². The molecule has 3 nitrogen and oxygen atoms in total. The second-order valence-corrected chi connectivity index (χ2v) is 4.18. The first kappa shape index (κ1) is 12.3. The van der Waals surface area contributed by atoms with Gasteiger partial charge in [0.05, 0.1) is 0 Å². The number of amides is 1. The van der Waals surface area contributed by atoms with Gasteiger partial charge in [-0.25, -0.2) is 0 Å². The molecule has 0 spiro atoms. The number of hydrogen-bond acceptors (Lipinski definition) is 2. The Kier molecular flexibility index (Phi) is 4.88. The van der Waals surface area contributed by atoms with Crippen LogP contribution in [0.3, 0.4) is 0 Å². The molecule has 84 valence electrons. The van der Waals surface area contributed by atoms with Gasteiger partial charge in [-0.3, -0.25) is 4.79 Å². The predicted molar refractivity (Wildman–Crippen MR) is 63.4 cm³/mol. The van der Waals surface area contributed by atoms with Gasteiger partial charge in [0.25, 0.3) is 5.91 Å².